The third kappa shape index (κ3) is 3.41. The molecule has 0 radical (unpaired) electrons. The van der Waals surface area contributed by atoms with E-state index < -0.39 is 34.9 Å². The number of benzene rings is 2. The summed E-state index contributed by atoms with van der Waals surface area (Å²) in [6.07, 6.45) is 0.335. The summed E-state index contributed by atoms with van der Waals surface area (Å²) < 4.78 is 0. The average molecular weight is 382 g/mol. The first-order valence-electron chi connectivity index (χ1n) is 8.61. The molecule has 0 unspecified atom stereocenters. The van der Waals surface area contributed by atoms with Crippen molar-refractivity contribution in [1.29, 1.82) is 0 Å². The van der Waals surface area contributed by atoms with Gasteiger partial charge in [0, 0.05) is 17.8 Å². The third-order valence-electron chi connectivity index (χ3n) is 4.64. The maximum absolute atomic E-state index is 13.0. The fourth-order valence-corrected chi connectivity index (χ4v) is 3.14. The number of nitrogens with zero attached hydrogens (tertiary/aromatic N) is 2. The molecule has 0 aromatic heterocycles. The number of nitrogens with one attached hydrogen (secondary N) is 2. The first-order valence-corrected chi connectivity index (χ1v) is 8.61. The molecule has 1 fully saturated rings. The zero-order valence-corrected chi connectivity index (χ0v) is 15.0. The predicted molar refractivity (Wildman–Crippen MR) is 100 cm³/mol. The highest BCUT2D eigenvalue weighted by Gasteiger charge is 2.51. The van der Waals surface area contributed by atoms with Crippen LogP contribution in [0, 0.1) is 10.1 Å². The van der Waals surface area contributed by atoms with Crippen LogP contribution >= 0.6 is 0 Å². The van der Waals surface area contributed by atoms with E-state index >= 15 is 0 Å². The topological polar surface area (TPSA) is 122 Å². The summed E-state index contributed by atoms with van der Waals surface area (Å²) in [5, 5.41) is 15.9. The Morgan fingerprint density at radius 1 is 1.14 bits per heavy atom. The van der Waals surface area contributed by atoms with Gasteiger partial charge in [0.1, 0.15) is 12.1 Å². The zero-order valence-electron chi connectivity index (χ0n) is 15.0. The van der Waals surface area contributed by atoms with E-state index in [1.54, 1.807) is 31.2 Å². The molecule has 2 aromatic carbocycles. The molecule has 0 saturated carbocycles. The molecule has 9 heteroatoms. The smallest absolute Gasteiger partial charge is 0.325 e. The van der Waals surface area contributed by atoms with Crippen molar-refractivity contribution in [3.63, 3.8) is 0 Å². The Hall–Kier alpha value is -3.75. The Labute approximate surface area is 160 Å². The van der Waals surface area contributed by atoms with E-state index in [2.05, 4.69) is 10.6 Å². The van der Waals surface area contributed by atoms with E-state index in [0.29, 0.717) is 17.7 Å². The van der Waals surface area contributed by atoms with Gasteiger partial charge in [-0.25, -0.2) is 4.79 Å². The molecule has 1 atom stereocenters. The van der Waals surface area contributed by atoms with Crippen LogP contribution in [0.2, 0.25) is 0 Å². The number of rotatable bonds is 6. The monoisotopic (exact) mass is 382 g/mol. The van der Waals surface area contributed by atoms with E-state index in [9.17, 15) is 24.5 Å². The van der Waals surface area contributed by atoms with Crippen molar-refractivity contribution in [3.8, 4) is 0 Å². The second-order valence-electron chi connectivity index (χ2n) is 6.30. The maximum Gasteiger partial charge on any atom is 0.325 e. The summed E-state index contributed by atoms with van der Waals surface area (Å²) in [4.78, 5) is 48.6. The second-order valence-corrected chi connectivity index (χ2v) is 6.30. The number of nitro benzene ring substituents is 1. The van der Waals surface area contributed by atoms with Gasteiger partial charge in [0.25, 0.3) is 11.6 Å². The van der Waals surface area contributed by atoms with Crippen molar-refractivity contribution >= 4 is 29.2 Å². The van der Waals surface area contributed by atoms with Crippen molar-refractivity contribution in [1.82, 2.24) is 10.2 Å². The highest BCUT2D eigenvalue weighted by Crippen LogP contribution is 2.32. The fraction of sp³-hybridized carbons (Fsp3) is 0.211. The Morgan fingerprint density at radius 3 is 2.36 bits per heavy atom. The molecule has 4 amide bonds. The van der Waals surface area contributed by atoms with Crippen molar-refractivity contribution in [2.45, 2.75) is 18.9 Å². The first-order chi connectivity index (χ1) is 13.4. The first kappa shape index (κ1) is 19.0. The van der Waals surface area contributed by atoms with Crippen molar-refractivity contribution in [2.75, 3.05) is 11.9 Å². The maximum atomic E-state index is 13.0. The Kier molecular flexibility index (Phi) is 5.08. The SMILES string of the molecule is CC[C@@]1(c2ccccc2)NC(=O)N(CC(=O)Nc2ccc([N+](=O)[O-])cc2)C1=O. The van der Waals surface area contributed by atoms with Gasteiger partial charge in [0.15, 0.2) is 0 Å². The van der Waals surface area contributed by atoms with Gasteiger partial charge in [-0.2, -0.15) is 0 Å². The molecule has 2 aromatic rings. The van der Waals surface area contributed by atoms with Gasteiger partial charge in [-0.15, -0.1) is 0 Å². The number of urea groups is 1. The highest BCUT2D eigenvalue weighted by molar-refractivity contribution is 6.10. The summed E-state index contributed by atoms with van der Waals surface area (Å²) in [6.45, 7) is 1.32. The van der Waals surface area contributed by atoms with Gasteiger partial charge in [0.05, 0.1) is 4.92 Å². The number of hydrogen-bond donors (Lipinski definition) is 2. The van der Waals surface area contributed by atoms with Crippen LogP contribution in [0.25, 0.3) is 0 Å². The largest absolute Gasteiger partial charge is 0.325 e. The van der Waals surface area contributed by atoms with Gasteiger partial charge in [0.2, 0.25) is 5.91 Å². The van der Waals surface area contributed by atoms with E-state index in [-0.39, 0.29) is 5.69 Å². The number of carbonyl (C=O) groups excluding carboxylic acids is 3. The summed E-state index contributed by atoms with van der Waals surface area (Å²) in [5.74, 6) is -1.08. The molecule has 28 heavy (non-hydrogen) atoms. The summed E-state index contributed by atoms with van der Waals surface area (Å²) in [5.41, 5.74) is -0.337. The average Bonchev–Trinajstić information content (AvgIpc) is 2.94. The van der Waals surface area contributed by atoms with E-state index in [1.165, 1.54) is 24.3 Å². The quantitative estimate of drug-likeness (QED) is 0.451. The van der Waals surface area contributed by atoms with Crippen LogP contribution < -0.4 is 10.6 Å². The minimum absolute atomic E-state index is 0.109. The lowest BCUT2D eigenvalue weighted by Crippen LogP contribution is -2.44. The van der Waals surface area contributed by atoms with Crippen molar-refractivity contribution < 1.29 is 19.3 Å². The van der Waals surface area contributed by atoms with Crippen LogP contribution in [0.3, 0.4) is 0 Å². The van der Waals surface area contributed by atoms with Crippen LogP contribution in [0.1, 0.15) is 18.9 Å². The number of hydrogen-bond acceptors (Lipinski definition) is 5. The minimum atomic E-state index is -1.20. The van der Waals surface area contributed by atoms with Gasteiger partial charge in [-0.1, -0.05) is 37.3 Å². The third-order valence-corrected chi connectivity index (χ3v) is 4.64. The molecule has 1 saturated heterocycles. The Bertz CT molecular complexity index is 929. The zero-order chi connectivity index (χ0) is 20.3. The lowest BCUT2D eigenvalue weighted by molar-refractivity contribution is -0.384. The van der Waals surface area contributed by atoms with E-state index in [0.717, 1.165) is 4.90 Å². The van der Waals surface area contributed by atoms with Crippen LogP contribution in [0.4, 0.5) is 16.2 Å². The summed E-state index contributed by atoms with van der Waals surface area (Å²) >= 11 is 0. The minimum Gasteiger partial charge on any atom is -0.325 e. The molecule has 3 rings (SSSR count). The van der Waals surface area contributed by atoms with Crippen LogP contribution in [0.5, 0.6) is 0 Å². The number of amides is 4. The second kappa shape index (κ2) is 7.47. The van der Waals surface area contributed by atoms with E-state index in [1.807, 2.05) is 6.07 Å². The molecular weight excluding hydrogens is 364 g/mol. The number of carbonyl (C=O) groups is 3. The Morgan fingerprint density at radius 2 is 1.79 bits per heavy atom. The number of anilines is 1. The molecular formula is C19H18N4O5. The lowest BCUT2D eigenvalue weighted by Gasteiger charge is -2.25. The summed E-state index contributed by atoms with van der Waals surface area (Å²) in [7, 11) is 0. The molecule has 1 aliphatic heterocycles. The van der Waals surface area contributed by atoms with Gasteiger partial charge in [-0.3, -0.25) is 24.6 Å². The number of non-ortho nitro benzene ring substituents is 1. The molecule has 144 valence electrons. The van der Waals surface area contributed by atoms with Crippen LogP contribution in [0.15, 0.2) is 54.6 Å². The molecule has 0 bridgehead atoms. The molecule has 0 spiro atoms. The van der Waals surface area contributed by atoms with Crippen LogP contribution in [-0.2, 0) is 15.1 Å². The van der Waals surface area contributed by atoms with Gasteiger partial charge in [-0.05, 0) is 24.1 Å². The van der Waals surface area contributed by atoms with Crippen molar-refractivity contribution in [3.05, 3.63) is 70.3 Å². The van der Waals surface area contributed by atoms with Gasteiger partial charge < -0.3 is 10.6 Å². The molecule has 9 nitrogen and oxygen atoms in total. The Balaban J connectivity index is 1.73. The molecule has 1 aliphatic rings. The molecule has 1 heterocycles. The predicted octanol–water partition coefficient (Wildman–Crippen LogP) is 2.39. The standard InChI is InChI=1S/C19H18N4O5/c1-2-19(13-6-4-3-5-7-13)17(25)22(18(26)21-19)12-16(24)20-14-8-10-15(11-9-14)23(27)28/h3-11H,2,12H2,1H3,(H,20,24)(H,21,26)/t19-/m0/s1. The van der Waals surface area contributed by atoms with Crippen molar-refractivity contribution in [2.24, 2.45) is 0 Å². The summed E-state index contributed by atoms with van der Waals surface area (Å²) in [6, 6.07) is 13.5. The van der Waals surface area contributed by atoms with E-state index in [4.69, 9.17) is 0 Å². The molecule has 2 N–H and O–H groups in total. The normalized spacial score (nSPS) is 18.7. The lowest BCUT2D eigenvalue weighted by atomic mass is 9.87. The highest BCUT2D eigenvalue weighted by atomic mass is 16.6. The molecule has 0 aliphatic carbocycles. The van der Waals surface area contributed by atoms with Gasteiger partial charge >= 0.3 is 6.03 Å². The number of nitro groups is 1. The van der Waals surface area contributed by atoms with Crippen LogP contribution in [-0.4, -0.2) is 34.2 Å². The fourth-order valence-electron chi connectivity index (χ4n) is 3.14. The number of imide groups is 1.